The summed E-state index contributed by atoms with van der Waals surface area (Å²) in [5.41, 5.74) is 5.80. The number of hydrogen-bond acceptors (Lipinski definition) is 2. The molecule has 2 nitrogen and oxygen atoms in total. The van der Waals surface area contributed by atoms with Crippen LogP contribution in [0.2, 0.25) is 10.0 Å². The lowest BCUT2D eigenvalue weighted by atomic mass is 9.89. The molecule has 86 valence electrons. The number of carbonyl (C=O) groups is 1. The van der Waals surface area contributed by atoms with E-state index in [0.29, 0.717) is 15.6 Å². The summed E-state index contributed by atoms with van der Waals surface area (Å²) in [6.07, 6.45) is 3.46. The van der Waals surface area contributed by atoms with Crippen molar-refractivity contribution in [3.05, 3.63) is 33.8 Å². The first-order valence-corrected chi connectivity index (χ1v) is 6.07. The second-order valence-electron chi connectivity index (χ2n) is 4.32. The molecule has 4 heteroatoms. The second-order valence-corrected chi connectivity index (χ2v) is 5.16. The molecule has 0 atom stereocenters. The Morgan fingerprint density at radius 2 is 1.88 bits per heavy atom. The average Bonchev–Trinajstić information content (AvgIpc) is 2.69. The molecule has 0 radical (unpaired) electrons. The molecule has 0 spiro atoms. The van der Waals surface area contributed by atoms with Gasteiger partial charge in [0.2, 0.25) is 0 Å². The highest BCUT2D eigenvalue weighted by molar-refractivity contribution is 6.36. The van der Waals surface area contributed by atoms with Crippen LogP contribution in [0.4, 0.5) is 0 Å². The number of Topliss-reactive ketones (excluding diaryl/α,β-unsaturated/α-hetero) is 1. The molecule has 1 aromatic carbocycles. The van der Waals surface area contributed by atoms with Gasteiger partial charge >= 0.3 is 0 Å². The van der Waals surface area contributed by atoms with Crippen LogP contribution in [0, 0.1) is 0 Å². The highest BCUT2D eigenvalue weighted by Crippen LogP contribution is 2.33. The van der Waals surface area contributed by atoms with Crippen molar-refractivity contribution in [2.24, 2.45) is 5.73 Å². The minimum absolute atomic E-state index is 0.0856. The minimum Gasteiger partial charge on any atom is -0.319 e. The summed E-state index contributed by atoms with van der Waals surface area (Å²) in [4.78, 5) is 12.3. The van der Waals surface area contributed by atoms with Crippen molar-refractivity contribution in [1.82, 2.24) is 0 Å². The van der Waals surface area contributed by atoms with Crippen LogP contribution in [0.1, 0.15) is 36.0 Å². The largest absolute Gasteiger partial charge is 0.319 e. The maximum atomic E-state index is 12.3. The third-order valence-corrected chi connectivity index (χ3v) is 3.69. The van der Waals surface area contributed by atoms with E-state index in [2.05, 4.69) is 0 Å². The molecule has 2 rings (SSSR count). The molecular weight excluding hydrogens is 245 g/mol. The molecule has 0 unspecified atom stereocenters. The Morgan fingerprint density at radius 1 is 1.25 bits per heavy atom. The molecule has 0 heterocycles. The average molecular weight is 258 g/mol. The van der Waals surface area contributed by atoms with Gasteiger partial charge in [-0.3, -0.25) is 4.79 Å². The van der Waals surface area contributed by atoms with Crippen molar-refractivity contribution in [3.8, 4) is 0 Å². The van der Waals surface area contributed by atoms with E-state index in [0.717, 1.165) is 25.7 Å². The summed E-state index contributed by atoms with van der Waals surface area (Å²) < 4.78 is 0. The first kappa shape index (κ1) is 11.9. The van der Waals surface area contributed by atoms with Gasteiger partial charge in [-0.15, -0.1) is 0 Å². The van der Waals surface area contributed by atoms with E-state index in [4.69, 9.17) is 28.9 Å². The summed E-state index contributed by atoms with van der Waals surface area (Å²) >= 11 is 11.9. The Kier molecular flexibility index (Phi) is 3.24. The third-order valence-electron chi connectivity index (χ3n) is 3.12. The summed E-state index contributed by atoms with van der Waals surface area (Å²) in [6, 6.07) is 4.90. The molecule has 0 aliphatic heterocycles. The SMILES string of the molecule is NC1(C(=O)c2cc(Cl)ccc2Cl)CCCC1. The van der Waals surface area contributed by atoms with Crippen LogP contribution < -0.4 is 5.73 Å². The normalized spacial score (nSPS) is 18.7. The Bertz CT molecular complexity index is 425. The molecule has 0 amide bonds. The number of nitrogens with two attached hydrogens (primary N) is 1. The third kappa shape index (κ3) is 2.10. The van der Waals surface area contributed by atoms with Gasteiger partial charge < -0.3 is 5.73 Å². The lowest BCUT2D eigenvalue weighted by Crippen LogP contribution is -2.45. The molecule has 0 aromatic heterocycles. The summed E-state index contributed by atoms with van der Waals surface area (Å²) in [5, 5.41) is 0.931. The predicted octanol–water partition coefficient (Wildman–Crippen LogP) is 3.45. The Labute approximate surface area is 105 Å². The van der Waals surface area contributed by atoms with Crippen LogP contribution in [-0.2, 0) is 0 Å². The number of rotatable bonds is 2. The molecule has 1 fully saturated rings. The standard InChI is InChI=1S/C12H13Cl2NO/c13-8-3-4-10(14)9(7-8)11(16)12(15)5-1-2-6-12/h3-4,7H,1-2,5-6,15H2. The second kappa shape index (κ2) is 4.36. The van der Waals surface area contributed by atoms with Crippen molar-refractivity contribution in [2.45, 2.75) is 31.2 Å². The molecule has 1 aromatic rings. The number of hydrogen-bond donors (Lipinski definition) is 1. The highest BCUT2D eigenvalue weighted by atomic mass is 35.5. The smallest absolute Gasteiger partial charge is 0.184 e. The van der Waals surface area contributed by atoms with Crippen molar-refractivity contribution in [2.75, 3.05) is 0 Å². The van der Waals surface area contributed by atoms with E-state index in [1.807, 2.05) is 0 Å². The van der Waals surface area contributed by atoms with Gasteiger partial charge in [0.25, 0.3) is 0 Å². The molecule has 16 heavy (non-hydrogen) atoms. The van der Waals surface area contributed by atoms with Gasteiger partial charge in [-0.1, -0.05) is 36.0 Å². The van der Waals surface area contributed by atoms with E-state index in [1.54, 1.807) is 18.2 Å². The van der Waals surface area contributed by atoms with Crippen LogP contribution >= 0.6 is 23.2 Å². The first-order valence-electron chi connectivity index (χ1n) is 5.32. The lowest BCUT2D eigenvalue weighted by Gasteiger charge is -2.22. The number of carbonyl (C=O) groups excluding carboxylic acids is 1. The molecular formula is C12H13Cl2NO. The molecule has 1 aliphatic carbocycles. The zero-order valence-electron chi connectivity index (χ0n) is 8.80. The summed E-state index contributed by atoms with van der Waals surface area (Å²) in [6.45, 7) is 0. The van der Waals surface area contributed by atoms with E-state index >= 15 is 0 Å². The number of halogens is 2. The fourth-order valence-electron chi connectivity index (χ4n) is 2.17. The van der Waals surface area contributed by atoms with Gasteiger partial charge in [-0.25, -0.2) is 0 Å². The molecule has 0 saturated heterocycles. The van der Waals surface area contributed by atoms with Gasteiger partial charge in [0.1, 0.15) is 0 Å². The monoisotopic (exact) mass is 257 g/mol. The van der Waals surface area contributed by atoms with Gasteiger partial charge in [0.05, 0.1) is 10.6 Å². The van der Waals surface area contributed by atoms with E-state index in [9.17, 15) is 4.79 Å². The van der Waals surface area contributed by atoms with Crippen molar-refractivity contribution in [3.63, 3.8) is 0 Å². The van der Waals surface area contributed by atoms with Crippen LogP contribution in [0.15, 0.2) is 18.2 Å². The van der Waals surface area contributed by atoms with Crippen molar-refractivity contribution < 1.29 is 4.79 Å². The Hall–Kier alpha value is -0.570. The molecule has 1 saturated carbocycles. The van der Waals surface area contributed by atoms with Crippen LogP contribution in [-0.4, -0.2) is 11.3 Å². The first-order chi connectivity index (χ1) is 7.53. The van der Waals surface area contributed by atoms with Gasteiger partial charge in [-0.2, -0.15) is 0 Å². The Balaban J connectivity index is 2.36. The van der Waals surface area contributed by atoms with Crippen LogP contribution in [0.25, 0.3) is 0 Å². The topological polar surface area (TPSA) is 43.1 Å². The quantitative estimate of drug-likeness (QED) is 0.825. The number of ketones is 1. The molecule has 0 bridgehead atoms. The molecule has 1 aliphatic rings. The zero-order chi connectivity index (χ0) is 11.8. The van der Waals surface area contributed by atoms with E-state index in [1.165, 1.54) is 0 Å². The molecule has 2 N–H and O–H groups in total. The van der Waals surface area contributed by atoms with Crippen LogP contribution in [0.5, 0.6) is 0 Å². The van der Waals surface area contributed by atoms with Gasteiger partial charge in [0.15, 0.2) is 5.78 Å². The summed E-state index contributed by atoms with van der Waals surface area (Å²) in [5.74, 6) is -0.0856. The zero-order valence-corrected chi connectivity index (χ0v) is 10.3. The van der Waals surface area contributed by atoms with Crippen molar-refractivity contribution >= 4 is 29.0 Å². The summed E-state index contributed by atoms with van der Waals surface area (Å²) in [7, 11) is 0. The maximum absolute atomic E-state index is 12.3. The maximum Gasteiger partial charge on any atom is 0.184 e. The minimum atomic E-state index is -0.742. The van der Waals surface area contributed by atoms with Gasteiger partial charge in [-0.05, 0) is 31.0 Å². The lowest BCUT2D eigenvalue weighted by molar-refractivity contribution is 0.0892. The van der Waals surface area contributed by atoms with Crippen molar-refractivity contribution in [1.29, 1.82) is 0 Å². The van der Waals surface area contributed by atoms with E-state index in [-0.39, 0.29) is 5.78 Å². The van der Waals surface area contributed by atoms with Crippen LogP contribution in [0.3, 0.4) is 0 Å². The predicted molar refractivity (Wildman–Crippen MR) is 66.2 cm³/mol. The van der Waals surface area contributed by atoms with Gasteiger partial charge in [0, 0.05) is 10.6 Å². The highest BCUT2D eigenvalue weighted by Gasteiger charge is 2.38. The fourth-order valence-corrected chi connectivity index (χ4v) is 2.55. The Morgan fingerprint density at radius 3 is 2.50 bits per heavy atom. The number of benzene rings is 1. The fraction of sp³-hybridized carbons (Fsp3) is 0.417. The van der Waals surface area contributed by atoms with E-state index < -0.39 is 5.54 Å².